The molecule has 2 fully saturated rings. The molecule has 1 saturated heterocycles. The van der Waals surface area contributed by atoms with Gasteiger partial charge in [0.25, 0.3) is 0 Å². The molecule has 4 heteroatoms. The van der Waals surface area contributed by atoms with Crippen molar-refractivity contribution in [2.24, 2.45) is 11.7 Å². The van der Waals surface area contributed by atoms with Gasteiger partial charge in [-0.2, -0.15) is 0 Å². The molecule has 0 aromatic heterocycles. The summed E-state index contributed by atoms with van der Waals surface area (Å²) in [6.07, 6.45) is 3.96. The molecule has 1 aliphatic carbocycles. The second kappa shape index (κ2) is 4.02. The van der Waals surface area contributed by atoms with Crippen molar-refractivity contribution >= 4 is 27.5 Å². The molecule has 2 atom stereocenters. The lowest BCUT2D eigenvalue weighted by molar-refractivity contribution is 0.553. The molecule has 17 heavy (non-hydrogen) atoms. The fourth-order valence-corrected chi connectivity index (χ4v) is 3.81. The van der Waals surface area contributed by atoms with Crippen LogP contribution in [0.3, 0.4) is 0 Å². The lowest BCUT2D eigenvalue weighted by Crippen LogP contribution is -2.33. The molecule has 1 aromatic carbocycles. The van der Waals surface area contributed by atoms with Gasteiger partial charge in [-0.1, -0.05) is 6.07 Å². The van der Waals surface area contributed by atoms with Crippen LogP contribution in [0.2, 0.25) is 0 Å². The van der Waals surface area contributed by atoms with Crippen LogP contribution >= 0.6 is 15.9 Å². The van der Waals surface area contributed by atoms with Gasteiger partial charge in [-0.15, -0.1) is 0 Å². The molecule has 1 aromatic rings. The number of nitrogens with two attached hydrogens (primary N) is 1. The second-order valence-corrected chi connectivity index (χ2v) is 5.89. The van der Waals surface area contributed by atoms with Crippen molar-refractivity contribution in [2.75, 3.05) is 11.4 Å². The Labute approximate surface area is 110 Å². The van der Waals surface area contributed by atoms with Crippen LogP contribution < -0.4 is 10.6 Å². The minimum Gasteiger partial charge on any atom is -0.384 e. The summed E-state index contributed by atoms with van der Waals surface area (Å²) in [5.74, 6) is 0.994. The topological polar surface area (TPSA) is 53.1 Å². The molecular formula is C13H16BrN3. The number of benzene rings is 1. The summed E-state index contributed by atoms with van der Waals surface area (Å²) in [5.41, 5.74) is 7.68. The third kappa shape index (κ3) is 1.75. The van der Waals surface area contributed by atoms with Gasteiger partial charge in [-0.3, -0.25) is 5.41 Å². The summed E-state index contributed by atoms with van der Waals surface area (Å²) in [5, 5.41) is 7.74. The van der Waals surface area contributed by atoms with E-state index in [1.54, 1.807) is 0 Å². The fraction of sp³-hybridized carbons (Fsp3) is 0.462. The van der Waals surface area contributed by atoms with E-state index < -0.39 is 0 Å². The van der Waals surface area contributed by atoms with Crippen molar-refractivity contribution in [1.82, 2.24) is 0 Å². The number of fused-ring (bicyclic) bond motifs is 2. The predicted octanol–water partition coefficient (Wildman–Crippen LogP) is 2.72. The van der Waals surface area contributed by atoms with E-state index in [0.717, 1.165) is 28.2 Å². The Balaban J connectivity index is 2.03. The highest BCUT2D eigenvalue weighted by Crippen LogP contribution is 2.42. The highest BCUT2D eigenvalue weighted by Gasteiger charge is 2.38. The molecule has 90 valence electrons. The fourth-order valence-electron chi connectivity index (χ4n) is 3.24. The van der Waals surface area contributed by atoms with Gasteiger partial charge in [0.05, 0.1) is 5.56 Å². The maximum absolute atomic E-state index is 7.74. The molecule has 3 nitrogen and oxygen atoms in total. The number of hydrogen-bond acceptors (Lipinski definition) is 2. The third-order valence-corrected chi connectivity index (χ3v) is 4.64. The van der Waals surface area contributed by atoms with Crippen molar-refractivity contribution in [3.05, 3.63) is 28.2 Å². The van der Waals surface area contributed by atoms with Crippen molar-refractivity contribution < 1.29 is 0 Å². The lowest BCUT2D eigenvalue weighted by Gasteiger charge is -2.31. The molecule has 1 saturated carbocycles. The Bertz CT molecular complexity index is 472. The Morgan fingerprint density at radius 2 is 2.24 bits per heavy atom. The zero-order valence-corrected chi connectivity index (χ0v) is 11.2. The Hall–Kier alpha value is -1.03. The molecule has 0 amide bonds. The van der Waals surface area contributed by atoms with Crippen LogP contribution in [-0.2, 0) is 0 Å². The number of nitrogen functional groups attached to an aromatic ring is 1. The quantitative estimate of drug-likeness (QED) is 0.651. The summed E-state index contributed by atoms with van der Waals surface area (Å²) in [7, 11) is 0. The normalized spacial score (nSPS) is 26.5. The molecule has 0 spiro atoms. The van der Waals surface area contributed by atoms with Crippen LogP contribution in [0, 0.1) is 11.3 Å². The van der Waals surface area contributed by atoms with Crippen LogP contribution in [0.1, 0.15) is 24.8 Å². The van der Waals surface area contributed by atoms with Gasteiger partial charge in [0, 0.05) is 22.7 Å². The van der Waals surface area contributed by atoms with Gasteiger partial charge >= 0.3 is 0 Å². The highest BCUT2D eigenvalue weighted by atomic mass is 79.9. The van der Waals surface area contributed by atoms with E-state index in [9.17, 15) is 0 Å². The molecule has 2 unspecified atom stereocenters. The van der Waals surface area contributed by atoms with E-state index in [0.29, 0.717) is 6.04 Å². The van der Waals surface area contributed by atoms with Crippen LogP contribution in [0.15, 0.2) is 22.7 Å². The number of rotatable bonds is 2. The maximum Gasteiger partial charge on any atom is 0.126 e. The van der Waals surface area contributed by atoms with E-state index in [-0.39, 0.29) is 5.84 Å². The minimum absolute atomic E-state index is 0.148. The van der Waals surface area contributed by atoms with E-state index in [1.165, 1.54) is 19.3 Å². The zero-order chi connectivity index (χ0) is 12.0. The van der Waals surface area contributed by atoms with Gasteiger partial charge in [-0.05, 0) is 53.2 Å². The highest BCUT2D eigenvalue weighted by molar-refractivity contribution is 9.10. The Morgan fingerprint density at radius 3 is 2.82 bits per heavy atom. The Morgan fingerprint density at radius 1 is 1.41 bits per heavy atom. The molecule has 3 rings (SSSR count). The molecule has 2 aliphatic rings. The molecule has 1 heterocycles. The number of piperidine rings is 1. The average molecular weight is 294 g/mol. The van der Waals surface area contributed by atoms with E-state index in [2.05, 4.69) is 26.9 Å². The number of halogens is 1. The standard InChI is InChI=1S/C13H16BrN3/c14-10-2-1-3-11(12(10)13(15)16)17-7-8-4-5-9(17)6-8/h1-3,8-9H,4-7H2,(H3,15,16). The van der Waals surface area contributed by atoms with E-state index in [4.69, 9.17) is 11.1 Å². The van der Waals surface area contributed by atoms with E-state index in [1.807, 2.05) is 12.1 Å². The first-order valence-electron chi connectivity index (χ1n) is 6.06. The van der Waals surface area contributed by atoms with Gasteiger partial charge in [-0.25, -0.2) is 0 Å². The first kappa shape index (κ1) is 11.1. The van der Waals surface area contributed by atoms with Crippen LogP contribution in [0.5, 0.6) is 0 Å². The molecule has 2 bridgehead atoms. The first-order chi connectivity index (χ1) is 8.16. The van der Waals surface area contributed by atoms with Gasteiger partial charge in [0.1, 0.15) is 5.84 Å². The summed E-state index contributed by atoms with van der Waals surface area (Å²) in [6.45, 7) is 1.13. The van der Waals surface area contributed by atoms with Crippen LogP contribution in [0.25, 0.3) is 0 Å². The minimum atomic E-state index is 0.148. The molecule has 1 aliphatic heterocycles. The maximum atomic E-state index is 7.74. The summed E-state index contributed by atoms with van der Waals surface area (Å²) >= 11 is 3.50. The lowest BCUT2D eigenvalue weighted by atomic mass is 10.1. The van der Waals surface area contributed by atoms with Gasteiger partial charge in [0.15, 0.2) is 0 Å². The summed E-state index contributed by atoms with van der Waals surface area (Å²) < 4.78 is 0.922. The molecular weight excluding hydrogens is 278 g/mol. The first-order valence-corrected chi connectivity index (χ1v) is 6.85. The largest absolute Gasteiger partial charge is 0.384 e. The monoisotopic (exact) mass is 293 g/mol. The van der Waals surface area contributed by atoms with Crippen molar-refractivity contribution in [3.63, 3.8) is 0 Å². The number of anilines is 1. The Kier molecular flexibility index (Phi) is 2.62. The number of nitrogens with one attached hydrogen (secondary N) is 1. The predicted molar refractivity (Wildman–Crippen MR) is 73.6 cm³/mol. The van der Waals surface area contributed by atoms with Crippen molar-refractivity contribution in [2.45, 2.75) is 25.3 Å². The van der Waals surface area contributed by atoms with Crippen LogP contribution in [-0.4, -0.2) is 18.4 Å². The third-order valence-electron chi connectivity index (χ3n) is 3.98. The van der Waals surface area contributed by atoms with Crippen LogP contribution in [0.4, 0.5) is 5.69 Å². The second-order valence-electron chi connectivity index (χ2n) is 5.03. The van der Waals surface area contributed by atoms with Crippen molar-refractivity contribution in [3.8, 4) is 0 Å². The zero-order valence-electron chi connectivity index (χ0n) is 9.62. The van der Waals surface area contributed by atoms with E-state index >= 15 is 0 Å². The van der Waals surface area contributed by atoms with Gasteiger partial charge < -0.3 is 10.6 Å². The number of nitrogens with zero attached hydrogens (tertiary/aromatic N) is 1. The molecule has 0 radical (unpaired) electrons. The summed E-state index contributed by atoms with van der Waals surface area (Å²) in [4.78, 5) is 2.44. The summed E-state index contributed by atoms with van der Waals surface area (Å²) in [6, 6.07) is 6.72. The molecule has 3 N–H and O–H groups in total. The van der Waals surface area contributed by atoms with Gasteiger partial charge in [0.2, 0.25) is 0 Å². The smallest absolute Gasteiger partial charge is 0.126 e. The average Bonchev–Trinajstić information content (AvgIpc) is 2.89. The van der Waals surface area contributed by atoms with Crippen molar-refractivity contribution in [1.29, 1.82) is 5.41 Å². The number of amidine groups is 1. The SMILES string of the molecule is N=C(N)c1c(Br)cccc1N1CC2CCC1C2. The number of hydrogen-bond donors (Lipinski definition) is 2.